The van der Waals surface area contributed by atoms with E-state index < -0.39 is 5.60 Å². The molecule has 1 aliphatic carbocycles. The molecule has 0 spiro atoms. The van der Waals surface area contributed by atoms with E-state index in [4.69, 9.17) is 12.2 Å². The van der Waals surface area contributed by atoms with Crippen LogP contribution >= 0.6 is 12.2 Å². The van der Waals surface area contributed by atoms with Gasteiger partial charge >= 0.3 is 0 Å². The molecule has 0 aliphatic heterocycles. The summed E-state index contributed by atoms with van der Waals surface area (Å²) in [6.45, 7) is 2.37. The zero-order valence-corrected chi connectivity index (χ0v) is 14.5. The fourth-order valence-corrected chi connectivity index (χ4v) is 3.44. The molecule has 1 heterocycles. The van der Waals surface area contributed by atoms with Gasteiger partial charge in [-0.3, -0.25) is 14.5 Å². The number of hydrogen-bond donors (Lipinski definition) is 3. The summed E-state index contributed by atoms with van der Waals surface area (Å²) in [5, 5.41) is 20.6. The molecule has 6 nitrogen and oxygen atoms in total. The lowest BCUT2D eigenvalue weighted by Gasteiger charge is -2.24. The summed E-state index contributed by atoms with van der Waals surface area (Å²) in [4.78, 5) is 12.3. The number of nitrogens with one attached hydrogen (secondary N) is 2. The van der Waals surface area contributed by atoms with Crippen LogP contribution in [0.25, 0.3) is 0 Å². The Balaban J connectivity index is 1.65. The topological polar surface area (TPSA) is 82.9 Å². The molecule has 0 saturated heterocycles. The number of aryl methyl sites for hydroxylation is 2. The fourth-order valence-electron chi connectivity index (χ4n) is 3.22. The van der Waals surface area contributed by atoms with Crippen LogP contribution in [0.15, 0.2) is 24.3 Å². The molecule has 0 radical (unpaired) electrons. The van der Waals surface area contributed by atoms with Crippen LogP contribution < -0.4 is 5.32 Å². The molecule has 0 bridgehead atoms. The van der Waals surface area contributed by atoms with Gasteiger partial charge < -0.3 is 10.4 Å². The number of rotatable bonds is 6. The summed E-state index contributed by atoms with van der Waals surface area (Å²) in [6, 6.07) is 7.84. The Hall–Kier alpha value is -1.99. The summed E-state index contributed by atoms with van der Waals surface area (Å²) in [7, 11) is 0. The van der Waals surface area contributed by atoms with E-state index in [0.717, 1.165) is 36.2 Å². The smallest absolute Gasteiger partial charge is 0.240 e. The maximum atomic E-state index is 12.3. The molecule has 0 fully saturated rings. The highest BCUT2D eigenvalue weighted by atomic mass is 32.1. The average molecular weight is 346 g/mol. The van der Waals surface area contributed by atoms with Crippen LogP contribution in [0.2, 0.25) is 0 Å². The summed E-state index contributed by atoms with van der Waals surface area (Å²) < 4.78 is 2.15. The minimum atomic E-state index is -0.990. The Morgan fingerprint density at radius 1 is 1.50 bits per heavy atom. The number of aromatic amines is 1. The van der Waals surface area contributed by atoms with E-state index in [9.17, 15) is 9.90 Å². The average Bonchev–Trinajstić information content (AvgIpc) is 3.09. The third kappa shape index (κ3) is 3.27. The van der Waals surface area contributed by atoms with Crippen LogP contribution in [-0.4, -0.2) is 32.3 Å². The number of carbonyl (C=O) groups excluding carboxylic acids is 1. The van der Waals surface area contributed by atoms with Crippen LogP contribution in [0.3, 0.4) is 0 Å². The number of H-pyrrole nitrogens is 1. The summed E-state index contributed by atoms with van der Waals surface area (Å²) in [6.07, 6.45) is 3.14. The molecule has 0 saturated carbocycles. The van der Waals surface area contributed by atoms with Crippen LogP contribution in [0, 0.1) is 4.77 Å². The second-order valence-electron chi connectivity index (χ2n) is 6.25. The number of hydrogen-bond acceptors (Lipinski definition) is 4. The van der Waals surface area contributed by atoms with Gasteiger partial charge in [-0.2, -0.15) is 5.10 Å². The van der Waals surface area contributed by atoms with Gasteiger partial charge in [0.1, 0.15) is 18.0 Å². The summed E-state index contributed by atoms with van der Waals surface area (Å²) in [5.74, 6) is 0.602. The minimum absolute atomic E-state index is 0.113. The predicted octanol–water partition coefficient (Wildman–Crippen LogP) is 1.84. The van der Waals surface area contributed by atoms with Gasteiger partial charge in [-0.25, -0.2) is 0 Å². The molecule has 1 aliphatic rings. The molecule has 0 unspecified atom stereocenters. The Kier molecular flexibility index (Phi) is 4.82. The van der Waals surface area contributed by atoms with Gasteiger partial charge in [0, 0.05) is 6.42 Å². The number of benzene rings is 1. The number of aromatic nitrogens is 3. The third-order valence-corrected chi connectivity index (χ3v) is 4.83. The Morgan fingerprint density at radius 3 is 3.08 bits per heavy atom. The summed E-state index contributed by atoms with van der Waals surface area (Å²) in [5.41, 5.74) is 1.07. The van der Waals surface area contributed by atoms with Crippen molar-refractivity contribution in [3.63, 3.8) is 0 Å². The Bertz CT molecular complexity index is 798. The van der Waals surface area contributed by atoms with Crippen LogP contribution in [0.1, 0.15) is 36.7 Å². The Morgan fingerprint density at radius 2 is 2.29 bits per heavy atom. The lowest BCUT2D eigenvalue weighted by atomic mass is 9.96. The van der Waals surface area contributed by atoms with E-state index in [1.807, 2.05) is 24.3 Å². The van der Waals surface area contributed by atoms with Crippen molar-refractivity contribution in [2.24, 2.45) is 0 Å². The zero-order valence-electron chi connectivity index (χ0n) is 13.7. The minimum Gasteiger partial charge on any atom is -0.383 e. The first-order chi connectivity index (χ1) is 11.5. The maximum Gasteiger partial charge on any atom is 0.240 e. The van der Waals surface area contributed by atoms with Crippen molar-refractivity contribution >= 4 is 18.1 Å². The highest BCUT2D eigenvalue weighted by molar-refractivity contribution is 7.71. The van der Waals surface area contributed by atoms with E-state index in [1.165, 1.54) is 0 Å². The van der Waals surface area contributed by atoms with Gasteiger partial charge in [0.25, 0.3) is 0 Å². The molecule has 1 atom stereocenters. The largest absolute Gasteiger partial charge is 0.383 e. The first-order valence-electron chi connectivity index (χ1n) is 8.25. The van der Waals surface area contributed by atoms with Crippen molar-refractivity contribution < 1.29 is 9.90 Å². The summed E-state index contributed by atoms with van der Waals surface area (Å²) >= 11 is 5.19. The van der Waals surface area contributed by atoms with Gasteiger partial charge in [0.05, 0.1) is 6.54 Å². The number of nitrogens with zero attached hydrogens (tertiary/aromatic N) is 2. The highest BCUT2D eigenvalue weighted by Crippen LogP contribution is 2.36. The molecule has 1 aromatic heterocycles. The van der Waals surface area contributed by atoms with E-state index in [0.29, 0.717) is 11.2 Å². The zero-order chi connectivity index (χ0) is 17.2. The monoisotopic (exact) mass is 346 g/mol. The van der Waals surface area contributed by atoms with Crippen molar-refractivity contribution in [1.29, 1.82) is 0 Å². The lowest BCUT2D eigenvalue weighted by molar-refractivity contribution is -0.123. The molecule has 24 heavy (non-hydrogen) atoms. The molecule has 3 N–H and O–H groups in total. The van der Waals surface area contributed by atoms with Crippen molar-refractivity contribution in [2.75, 3.05) is 6.54 Å². The molecular weight excluding hydrogens is 324 g/mol. The third-order valence-electron chi connectivity index (χ3n) is 4.52. The number of carbonyl (C=O) groups is 1. The van der Waals surface area contributed by atoms with E-state index in [-0.39, 0.29) is 19.0 Å². The van der Waals surface area contributed by atoms with Crippen molar-refractivity contribution in [2.45, 2.75) is 44.8 Å². The van der Waals surface area contributed by atoms with E-state index in [2.05, 4.69) is 22.4 Å². The fraction of sp³-hybridized carbons (Fsp3) is 0.471. The maximum absolute atomic E-state index is 12.3. The standard InChI is InChI=1S/C17H22N4O2S/c1-2-5-14-19-20-16(24)21(14)10-15(22)18-11-17(23)9-8-12-6-3-4-7-13(12)17/h3-4,6-7,23H,2,5,8-11H2,1H3,(H,18,22)(H,20,24)/t17-/m1/s1. The Labute approximate surface area is 145 Å². The van der Waals surface area contributed by atoms with Crippen molar-refractivity contribution in [3.8, 4) is 0 Å². The number of fused-ring (bicyclic) bond motifs is 1. The SMILES string of the molecule is CCCc1n[nH]c(=S)n1CC(=O)NC[C@]1(O)CCc2ccccc21. The van der Waals surface area contributed by atoms with Gasteiger partial charge in [0.15, 0.2) is 4.77 Å². The molecule has 7 heteroatoms. The molecule has 128 valence electrons. The van der Waals surface area contributed by atoms with Crippen molar-refractivity contribution in [3.05, 3.63) is 46.0 Å². The van der Waals surface area contributed by atoms with Gasteiger partial charge in [0.2, 0.25) is 5.91 Å². The highest BCUT2D eigenvalue weighted by Gasteiger charge is 2.36. The second kappa shape index (κ2) is 6.86. The van der Waals surface area contributed by atoms with Crippen LogP contribution in [0.4, 0.5) is 0 Å². The lowest BCUT2D eigenvalue weighted by Crippen LogP contribution is -2.40. The molecular formula is C17H22N4O2S. The van der Waals surface area contributed by atoms with Crippen LogP contribution in [-0.2, 0) is 29.8 Å². The number of amides is 1. The normalized spacial score (nSPS) is 19.2. The van der Waals surface area contributed by atoms with Gasteiger partial charge in [-0.05, 0) is 42.6 Å². The molecule has 1 amide bonds. The molecule has 3 rings (SSSR count). The second-order valence-corrected chi connectivity index (χ2v) is 6.63. The number of aliphatic hydroxyl groups is 1. The first-order valence-corrected chi connectivity index (χ1v) is 8.66. The first kappa shape index (κ1) is 16.9. The van der Waals surface area contributed by atoms with Crippen molar-refractivity contribution in [1.82, 2.24) is 20.1 Å². The molecule has 2 aromatic rings. The van der Waals surface area contributed by atoms with Gasteiger partial charge in [-0.15, -0.1) is 0 Å². The van der Waals surface area contributed by atoms with E-state index >= 15 is 0 Å². The predicted molar refractivity (Wildman–Crippen MR) is 93.1 cm³/mol. The quantitative estimate of drug-likeness (QED) is 0.697. The van der Waals surface area contributed by atoms with E-state index in [1.54, 1.807) is 4.57 Å². The molecule has 1 aromatic carbocycles. The van der Waals surface area contributed by atoms with Gasteiger partial charge in [-0.1, -0.05) is 31.2 Å². The van der Waals surface area contributed by atoms with Crippen LogP contribution in [0.5, 0.6) is 0 Å².